The minimum absolute atomic E-state index is 0. The molecule has 1 aromatic heterocycles. The lowest BCUT2D eigenvalue weighted by Crippen LogP contribution is -2.34. The molecule has 0 unspecified atom stereocenters. The fraction of sp³-hybridized carbons (Fsp3) is 0.471. The monoisotopic (exact) mass is 351 g/mol. The lowest BCUT2D eigenvalue weighted by molar-refractivity contribution is 0.0979. The van der Waals surface area contributed by atoms with Crippen LogP contribution >= 0.6 is 12.4 Å². The number of Topliss-reactive ketones (excluding diaryl/α,β-unsaturated/α-hetero) is 1. The molecule has 1 aliphatic carbocycles. The molecule has 7 heteroatoms. The summed E-state index contributed by atoms with van der Waals surface area (Å²) in [6, 6.07) is 7.06. The van der Waals surface area contributed by atoms with E-state index in [1.165, 1.54) is 0 Å². The number of carbonyl (C=O) groups excluding carboxylic acids is 1. The number of hydrogen-bond acceptors (Lipinski definition) is 6. The van der Waals surface area contributed by atoms with Crippen molar-refractivity contribution in [3.05, 3.63) is 41.5 Å². The first-order valence-electron chi connectivity index (χ1n) is 7.90. The predicted octanol–water partition coefficient (Wildman–Crippen LogP) is 3.04. The maximum atomic E-state index is 12.2. The average molecular weight is 352 g/mol. The molecule has 0 aliphatic heterocycles. The van der Waals surface area contributed by atoms with E-state index in [4.69, 9.17) is 15.0 Å². The Balaban J connectivity index is 0.00000208. The van der Waals surface area contributed by atoms with Crippen molar-refractivity contribution in [2.45, 2.75) is 44.1 Å². The predicted molar refractivity (Wildman–Crippen MR) is 91.5 cm³/mol. The van der Waals surface area contributed by atoms with E-state index in [-0.39, 0.29) is 18.2 Å². The zero-order chi connectivity index (χ0) is 16.3. The molecule has 2 aromatic rings. The zero-order valence-electron chi connectivity index (χ0n) is 13.7. The van der Waals surface area contributed by atoms with E-state index in [9.17, 15) is 4.79 Å². The fourth-order valence-electron chi connectivity index (χ4n) is 2.93. The SMILES string of the molecule is COc1ccc(C(=O)CCc2nc(C3(N)CCCC3)no2)cc1.Cl. The third-order valence-electron chi connectivity index (χ3n) is 4.39. The Bertz CT molecular complexity index is 679. The van der Waals surface area contributed by atoms with Crippen molar-refractivity contribution in [1.82, 2.24) is 10.1 Å². The number of methoxy groups -OCH3 is 1. The van der Waals surface area contributed by atoms with Crippen LogP contribution in [0.1, 0.15) is 54.2 Å². The summed E-state index contributed by atoms with van der Waals surface area (Å²) in [5.74, 6) is 1.81. The summed E-state index contributed by atoms with van der Waals surface area (Å²) >= 11 is 0. The van der Waals surface area contributed by atoms with Crippen LogP contribution in [0.15, 0.2) is 28.8 Å². The summed E-state index contributed by atoms with van der Waals surface area (Å²) in [5, 5.41) is 4.00. The molecule has 0 radical (unpaired) electrons. The van der Waals surface area contributed by atoms with E-state index >= 15 is 0 Å². The number of rotatable bonds is 6. The van der Waals surface area contributed by atoms with Crippen LogP contribution in [0.4, 0.5) is 0 Å². The first-order valence-corrected chi connectivity index (χ1v) is 7.90. The van der Waals surface area contributed by atoms with Crippen LogP contribution in [-0.2, 0) is 12.0 Å². The van der Waals surface area contributed by atoms with Crippen LogP contribution in [0.25, 0.3) is 0 Å². The van der Waals surface area contributed by atoms with Crippen LogP contribution < -0.4 is 10.5 Å². The minimum atomic E-state index is -0.457. The minimum Gasteiger partial charge on any atom is -0.497 e. The van der Waals surface area contributed by atoms with Gasteiger partial charge in [-0.25, -0.2) is 0 Å². The number of aromatic nitrogens is 2. The molecule has 2 N–H and O–H groups in total. The van der Waals surface area contributed by atoms with Gasteiger partial charge in [-0.3, -0.25) is 4.79 Å². The molecular weight excluding hydrogens is 330 g/mol. The highest BCUT2D eigenvalue weighted by Crippen LogP contribution is 2.34. The van der Waals surface area contributed by atoms with Gasteiger partial charge in [0.1, 0.15) is 5.75 Å². The lowest BCUT2D eigenvalue weighted by Gasteiger charge is -2.17. The summed E-state index contributed by atoms with van der Waals surface area (Å²) < 4.78 is 10.3. The second-order valence-corrected chi connectivity index (χ2v) is 6.03. The molecule has 0 atom stereocenters. The van der Waals surface area contributed by atoms with Crippen LogP contribution in [0, 0.1) is 0 Å². The van der Waals surface area contributed by atoms with E-state index in [1.807, 2.05) is 0 Å². The van der Waals surface area contributed by atoms with Gasteiger partial charge in [-0.2, -0.15) is 4.98 Å². The summed E-state index contributed by atoms with van der Waals surface area (Å²) in [6.07, 6.45) is 4.71. The maximum absolute atomic E-state index is 12.2. The number of benzene rings is 1. The molecular formula is C17H22ClN3O3. The summed E-state index contributed by atoms with van der Waals surface area (Å²) in [4.78, 5) is 16.6. The van der Waals surface area contributed by atoms with Gasteiger partial charge in [-0.15, -0.1) is 12.4 Å². The van der Waals surface area contributed by atoms with Crippen molar-refractivity contribution in [3.8, 4) is 5.75 Å². The van der Waals surface area contributed by atoms with E-state index in [0.717, 1.165) is 31.4 Å². The largest absolute Gasteiger partial charge is 0.497 e. The number of nitrogens with zero attached hydrogens (tertiary/aromatic N) is 2. The smallest absolute Gasteiger partial charge is 0.227 e. The second-order valence-electron chi connectivity index (χ2n) is 6.03. The number of carbonyl (C=O) groups is 1. The molecule has 0 spiro atoms. The van der Waals surface area contributed by atoms with Gasteiger partial charge in [-0.05, 0) is 37.1 Å². The lowest BCUT2D eigenvalue weighted by atomic mass is 9.99. The molecule has 0 amide bonds. The Kier molecular flexibility index (Phi) is 5.96. The highest BCUT2D eigenvalue weighted by atomic mass is 35.5. The van der Waals surface area contributed by atoms with E-state index < -0.39 is 5.54 Å². The molecule has 1 aromatic carbocycles. The number of nitrogens with two attached hydrogens (primary N) is 1. The Hall–Kier alpha value is -1.92. The van der Waals surface area contributed by atoms with Crippen LogP contribution in [0.2, 0.25) is 0 Å². The molecule has 0 bridgehead atoms. The zero-order valence-corrected chi connectivity index (χ0v) is 14.5. The molecule has 0 saturated heterocycles. The van der Waals surface area contributed by atoms with Crippen LogP contribution in [-0.4, -0.2) is 23.0 Å². The summed E-state index contributed by atoms with van der Waals surface area (Å²) in [6.45, 7) is 0. The van der Waals surface area contributed by atoms with E-state index in [2.05, 4.69) is 10.1 Å². The molecule has 1 heterocycles. The molecule has 1 fully saturated rings. The Morgan fingerprint density at radius 3 is 2.58 bits per heavy atom. The van der Waals surface area contributed by atoms with Crippen LogP contribution in [0.5, 0.6) is 5.75 Å². The molecule has 130 valence electrons. The number of hydrogen-bond donors (Lipinski definition) is 1. The number of ether oxygens (including phenoxy) is 1. The number of halogens is 1. The molecule has 1 aliphatic rings. The third-order valence-corrected chi connectivity index (χ3v) is 4.39. The number of aryl methyl sites for hydroxylation is 1. The van der Waals surface area contributed by atoms with Crippen molar-refractivity contribution in [3.63, 3.8) is 0 Å². The first-order chi connectivity index (χ1) is 11.1. The Morgan fingerprint density at radius 2 is 1.96 bits per heavy atom. The Morgan fingerprint density at radius 1 is 1.29 bits per heavy atom. The average Bonchev–Trinajstić information content (AvgIpc) is 3.22. The standard InChI is InChI=1S/C17H21N3O3.ClH/c1-22-13-6-4-12(5-7-13)14(21)8-9-15-19-16(20-23-15)17(18)10-2-3-11-17;/h4-7H,2-3,8-11,18H2,1H3;1H. The highest BCUT2D eigenvalue weighted by Gasteiger charge is 2.35. The van der Waals surface area contributed by atoms with Gasteiger partial charge >= 0.3 is 0 Å². The van der Waals surface area contributed by atoms with Gasteiger partial charge in [-0.1, -0.05) is 18.0 Å². The summed E-state index contributed by atoms with van der Waals surface area (Å²) in [7, 11) is 1.60. The van der Waals surface area contributed by atoms with Gasteiger partial charge in [0, 0.05) is 18.4 Å². The van der Waals surface area contributed by atoms with Gasteiger partial charge in [0.25, 0.3) is 0 Å². The third kappa shape index (κ3) is 3.94. The molecule has 1 saturated carbocycles. The first kappa shape index (κ1) is 18.4. The van der Waals surface area contributed by atoms with Gasteiger partial charge in [0.05, 0.1) is 12.6 Å². The normalized spacial score (nSPS) is 15.8. The van der Waals surface area contributed by atoms with E-state index in [0.29, 0.717) is 30.1 Å². The van der Waals surface area contributed by atoms with Crippen molar-refractivity contribution < 1.29 is 14.1 Å². The molecule has 6 nitrogen and oxygen atoms in total. The number of ketones is 1. The van der Waals surface area contributed by atoms with Crippen molar-refractivity contribution in [2.24, 2.45) is 5.73 Å². The highest BCUT2D eigenvalue weighted by molar-refractivity contribution is 5.96. The quantitative estimate of drug-likeness (QED) is 0.804. The van der Waals surface area contributed by atoms with Crippen molar-refractivity contribution in [2.75, 3.05) is 7.11 Å². The van der Waals surface area contributed by atoms with Crippen LogP contribution in [0.3, 0.4) is 0 Å². The van der Waals surface area contributed by atoms with Crippen molar-refractivity contribution >= 4 is 18.2 Å². The summed E-state index contributed by atoms with van der Waals surface area (Å²) in [5.41, 5.74) is 6.50. The Labute approximate surface area is 147 Å². The second kappa shape index (κ2) is 7.77. The van der Waals surface area contributed by atoms with Gasteiger partial charge in [0.15, 0.2) is 11.6 Å². The van der Waals surface area contributed by atoms with Gasteiger partial charge in [0.2, 0.25) is 5.89 Å². The van der Waals surface area contributed by atoms with E-state index in [1.54, 1.807) is 31.4 Å². The molecule has 24 heavy (non-hydrogen) atoms. The molecule has 3 rings (SSSR count). The van der Waals surface area contributed by atoms with Gasteiger partial charge < -0.3 is 15.0 Å². The topological polar surface area (TPSA) is 91.2 Å². The van der Waals surface area contributed by atoms with Crippen molar-refractivity contribution in [1.29, 1.82) is 0 Å². The maximum Gasteiger partial charge on any atom is 0.227 e. The fourth-order valence-corrected chi connectivity index (χ4v) is 2.93.